The first-order valence-corrected chi connectivity index (χ1v) is 21.0. The van der Waals surface area contributed by atoms with Crippen molar-refractivity contribution in [2.45, 2.75) is 24.7 Å². The van der Waals surface area contributed by atoms with E-state index >= 15 is 0 Å². The van der Waals surface area contributed by atoms with E-state index in [0.717, 1.165) is 11.4 Å². The Morgan fingerprint density at radius 3 is 1.73 bits per heavy atom. The van der Waals surface area contributed by atoms with E-state index in [9.17, 15) is 0 Å². The van der Waals surface area contributed by atoms with Gasteiger partial charge in [-0.05, 0) is 86.5 Å². The molecule has 1 spiro atoms. The van der Waals surface area contributed by atoms with Crippen LogP contribution in [0.25, 0.3) is 49.7 Å². The Morgan fingerprint density at radius 1 is 0.383 bits per heavy atom. The zero-order valence-corrected chi connectivity index (χ0v) is 33.7. The summed E-state index contributed by atoms with van der Waals surface area (Å²) in [5.74, 6) is 0. The zero-order valence-electron chi connectivity index (χ0n) is 33.7. The highest BCUT2D eigenvalue weighted by Crippen LogP contribution is 2.62. The number of benzene rings is 9. The summed E-state index contributed by atoms with van der Waals surface area (Å²) < 4.78 is 2.53. The normalized spacial score (nSPS) is 15.7. The fourth-order valence-electron chi connectivity index (χ4n) is 11.0. The summed E-state index contributed by atoms with van der Waals surface area (Å²) >= 11 is 0. The van der Waals surface area contributed by atoms with Gasteiger partial charge in [0.15, 0.2) is 0 Å². The molecule has 1 unspecified atom stereocenters. The van der Waals surface area contributed by atoms with Crippen molar-refractivity contribution in [1.29, 1.82) is 0 Å². The van der Waals surface area contributed by atoms with Crippen LogP contribution in [-0.2, 0) is 10.8 Å². The maximum atomic E-state index is 2.53. The quantitative estimate of drug-likeness (QED) is 0.169. The van der Waals surface area contributed by atoms with Crippen LogP contribution < -0.4 is 4.90 Å². The maximum Gasteiger partial charge on any atom is 0.0749 e. The monoisotopic (exact) mass is 766 g/mol. The van der Waals surface area contributed by atoms with Crippen LogP contribution in [0.3, 0.4) is 0 Å². The summed E-state index contributed by atoms with van der Waals surface area (Å²) in [5, 5.41) is 2.57. The number of aromatic nitrogens is 1. The van der Waals surface area contributed by atoms with Gasteiger partial charge in [0.1, 0.15) is 0 Å². The van der Waals surface area contributed by atoms with Gasteiger partial charge in [-0.25, -0.2) is 0 Å². The number of nitrogens with zero attached hydrogens (tertiary/aromatic N) is 2. The summed E-state index contributed by atoms with van der Waals surface area (Å²) in [5.41, 5.74) is 19.0. The van der Waals surface area contributed by atoms with Gasteiger partial charge in [-0.15, -0.1) is 0 Å². The summed E-state index contributed by atoms with van der Waals surface area (Å²) in [6.07, 6.45) is 0. The van der Waals surface area contributed by atoms with Crippen LogP contribution in [-0.4, -0.2) is 4.57 Å². The molecule has 1 aromatic heterocycles. The SMILES string of the molecule is CC1(C)c2ccccc2C2(c3ccccc3-n3c4ccccc4c4cccc2c43)c2cccc(N(c3ccc(-c4ccccc4)cc3)c3ccccc3-c3ccccc3)c21. The van der Waals surface area contributed by atoms with Crippen molar-refractivity contribution >= 4 is 38.9 Å². The van der Waals surface area contributed by atoms with Gasteiger partial charge in [-0.3, -0.25) is 0 Å². The molecular weight excluding hydrogens is 725 g/mol. The first-order chi connectivity index (χ1) is 29.6. The van der Waals surface area contributed by atoms with Gasteiger partial charge in [0.05, 0.1) is 33.5 Å². The molecule has 1 aliphatic heterocycles. The van der Waals surface area contributed by atoms with Crippen LogP contribution in [0.4, 0.5) is 17.1 Å². The van der Waals surface area contributed by atoms with Crippen LogP contribution in [0, 0.1) is 0 Å². The van der Waals surface area contributed by atoms with E-state index in [0.29, 0.717) is 0 Å². The third kappa shape index (κ3) is 4.70. The minimum absolute atomic E-state index is 0.370. The van der Waals surface area contributed by atoms with Gasteiger partial charge >= 0.3 is 0 Å². The summed E-state index contributed by atoms with van der Waals surface area (Å²) in [4.78, 5) is 2.53. The smallest absolute Gasteiger partial charge is 0.0749 e. The Kier molecular flexibility index (Phi) is 7.52. The molecule has 1 atom stereocenters. The van der Waals surface area contributed by atoms with Crippen molar-refractivity contribution < 1.29 is 0 Å². The molecule has 2 heterocycles. The van der Waals surface area contributed by atoms with Gasteiger partial charge < -0.3 is 9.47 Å². The topological polar surface area (TPSA) is 8.17 Å². The fourth-order valence-corrected chi connectivity index (χ4v) is 11.0. The molecule has 9 aromatic carbocycles. The highest BCUT2D eigenvalue weighted by Gasteiger charge is 2.53. The average molecular weight is 767 g/mol. The second-order valence-corrected chi connectivity index (χ2v) is 16.8. The van der Waals surface area contributed by atoms with Gasteiger partial charge in [0, 0.05) is 27.4 Å². The molecule has 0 fully saturated rings. The zero-order chi connectivity index (χ0) is 40.0. The van der Waals surface area contributed by atoms with E-state index in [-0.39, 0.29) is 5.41 Å². The Balaban J connectivity index is 1.21. The van der Waals surface area contributed by atoms with Crippen LogP contribution in [0.5, 0.6) is 0 Å². The first kappa shape index (κ1) is 34.6. The Hall–Kier alpha value is -7.42. The predicted octanol–water partition coefficient (Wildman–Crippen LogP) is 14.9. The molecule has 284 valence electrons. The van der Waals surface area contributed by atoms with Crippen molar-refractivity contribution in [3.63, 3.8) is 0 Å². The van der Waals surface area contributed by atoms with Gasteiger partial charge in [0.2, 0.25) is 0 Å². The number of hydrogen-bond donors (Lipinski definition) is 0. The lowest BCUT2D eigenvalue weighted by atomic mass is 9.53. The highest BCUT2D eigenvalue weighted by atomic mass is 15.1. The van der Waals surface area contributed by atoms with Crippen LogP contribution in [0.2, 0.25) is 0 Å². The molecule has 0 saturated heterocycles. The second kappa shape index (κ2) is 13.0. The van der Waals surface area contributed by atoms with Crippen molar-refractivity contribution in [3.05, 3.63) is 252 Å². The Bertz CT molecular complexity index is 3280. The lowest BCUT2D eigenvalue weighted by molar-refractivity contribution is 0.557. The molecule has 2 aliphatic rings. The standard InChI is InChI=1S/C58H42N2/c1-57(2)46-26-11-12-27-47(46)58(48-28-13-16-33-53(48)60-52-32-15-10-24-44(52)45-25-17-30-50(58)56(45)60)49-29-18-34-54(55(49)57)59(42-37-35-40(36-38-42)39-19-5-3-6-20-39)51-31-14-9-23-43(51)41-21-7-4-8-22-41/h3-38H,1-2H3. The van der Waals surface area contributed by atoms with E-state index in [1.807, 2.05) is 0 Å². The van der Waals surface area contributed by atoms with Crippen LogP contribution >= 0.6 is 0 Å². The van der Waals surface area contributed by atoms with E-state index in [1.165, 1.54) is 88.8 Å². The van der Waals surface area contributed by atoms with E-state index in [4.69, 9.17) is 0 Å². The molecule has 2 nitrogen and oxygen atoms in total. The third-order valence-corrected chi connectivity index (χ3v) is 13.4. The first-order valence-electron chi connectivity index (χ1n) is 21.0. The highest BCUT2D eigenvalue weighted by molar-refractivity contribution is 6.12. The summed E-state index contributed by atoms with van der Waals surface area (Å²) in [6, 6.07) is 81.0. The second-order valence-electron chi connectivity index (χ2n) is 16.8. The molecule has 0 radical (unpaired) electrons. The molecule has 2 heteroatoms. The lowest BCUT2D eigenvalue weighted by Crippen LogP contribution is -2.44. The summed E-state index contributed by atoms with van der Waals surface area (Å²) in [7, 11) is 0. The van der Waals surface area contributed by atoms with Gasteiger partial charge in [-0.1, -0.05) is 196 Å². The largest absolute Gasteiger partial charge is 0.310 e. The number of para-hydroxylation sites is 4. The third-order valence-electron chi connectivity index (χ3n) is 13.4. The Morgan fingerprint density at radius 2 is 0.933 bits per heavy atom. The number of hydrogen-bond acceptors (Lipinski definition) is 1. The van der Waals surface area contributed by atoms with E-state index in [1.54, 1.807) is 0 Å². The van der Waals surface area contributed by atoms with Crippen molar-refractivity contribution in [2.24, 2.45) is 0 Å². The minimum Gasteiger partial charge on any atom is -0.310 e. The molecule has 0 saturated carbocycles. The van der Waals surface area contributed by atoms with Gasteiger partial charge in [0.25, 0.3) is 0 Å². The number of anilines is 3. The van der Waals surface area contributed by atoms with E-state index in [2.05, 4.69) is 242 Å². The molecule has 0 bridgehead atoms. The molecule has 0 N–H and O–H groups in total. The van der Waals surface area contributed by atoms with Gasteiger partial charge in [-0.2, -0.15) is 0 Å². The van der Waals surface area contributed by atoms with Crippen LogP contribution in [0.1, 0.15) is 47.2 Å². The number of rotatable bonds is 5. The molecular formula is C58H42N2. The van der Waals surface area contributed by atoms with Crippen molar-refractivity contribution in [2.75, 3.05) is 4.90 Å². The molecule has 0 amide bonds. The minimum atomic E-state index is -0.597. The Labute approximate surface area is 351 Å². The van der Waals surface area contributed by atoms with Crippen molar-refractivity contribution in [3.8, 4) is 27.9 Å². The van der Waals surface area contributed by atoms with Crippen molar-refractivity contribution in [1.82, 2.24) is 4.57 Å². The summed E-state index contributed by atoms with van der Waals surface area (Å²) in [6.45, 7) is 4.88. The maximum absolute atomic E-state index is 2.53. The van der Waals surface area contributed by atoms with Crippen LogP contribution in [0.15, 0.2) is 218 Å². The molecule has 12 rings (SSSR count). The molecule has 10 aromatic rings. The fraction of sp³-hybridized carbons (Fsp3) is 0.0690. The average Bonchev–Trinajstić information content (AvgIpc) is 3.65. The number of fused-ring (bicyclic) bond motifs is 11. The van der Waals surface area contributed by atoms with E-state index < -0.39 is 5.41 Å². The molecule has 1 aliphatic carbocycles. The molecule has 60 heavy (non-hydrogen) atoms. The predicted molar refractivity (Wildman–Crippen MR) is 250 cm³/mol. The lowest BCUT2D eigenvalue weighted by Gasteiger charge is -2.51.